The van der Waals surface area contributed by atoms with Gasteiger partial charge in [0.15, 0.2) is 5.78 Å². The van der Waals surface area contributed by atoms with Crippen molar-refractivity contribution in [1.82, 2.24) is 10.2 Å². The number of aryl methyl sites for hydroxylation is 1. The fourth-order valence-electron chi connectivity index (χ4n) is 1.58. The minimum absolute atomic E-state index is 0.0530. The maximum atomic E-state index is 13.8. The quantitative estimate of drug-likeness (QED) is 0.646. The number of ketones is 1. The Morgan fingerprint density at radius 2 is 2.14 bits per heavy atom. The minimum Gasteiger partial charge on any atom is -0.300 e. The number of Topliss-reactive ketones (excluding diaryl/α,β-unsaturated/α-hetero) is 1. The van der Waals surface area contributed by atoms with Crippen LogP contribution in [0.4, 0.5) is 9.52 Å². The van der Waals surface area contributed by atoms with Gasteiger partial charge in [-0.1, -0.05) is 24.3 Å². The molecule has 0 unspecified atom stereocenters. The summed E-state index contributed by atoms with van der Waals surface area (Å²) >= 11 is 2.38. The SMILES string of the molecule is CCc1nnc(NC(=O)CSc2ccc(C(C)=O)cc2F)s1. The standard InChI is InChI=1S/C14H14FN3O2S2/c1-3-13-17-18-14(22-13)16-12(20)7-21-11-5-4-9(8(2)19)6-10(11)15/h4-6H,3,7H2,1-2H3,(H,16,18,20). The zero-order valence-corrected chi connectivity index (χ0v) is 13.7. The van der Waals surface area contributed by atoms with Gasteiger partial charge in [0.25, 0.3) is 0 Å². The molecule has 2 aromatic rings. The Bertz CT molecular complexity index is 703. The molecule has 2 rings (SSSR count). The number of rotatable bonds is 6. The van der Waals surface area contributed by atoms with Crippen LogP contribution in [0.5, 0.6) is 0 Å². The molecule has 0 saturated carbocycles. The van der Waals surface area contributed by atoms with Crippen LogP contribution in [-0.2, 0) is 11.2 Å². The molecule has 1 amide bonds. The summed E-state index contributed by atoms with van der Waals surface area (Å²) in [7, 11) is 0. The molecule has 0 radical (unpaired) electrons. The molecule has 0 aliphatic carbocycles. The van der Waals surface area contributed by atoms with Crippen LogP contribution in [0.1, 0.15) is 29.2 Å². The van der Waals surface area contributed by atoms with Crippen molar-refractivity contribution in [3.05, 3.63) is 34.6 Å². The highest BCUT2D eigenvalue weighted by molar-refractivity contribution is 8.00. The van der Waals surface area contributed by atoms with E-state index < -0.39 is 5.82 Å². The first-order valence-electron chi connectivity index (χ1n) is 6.55. The first kappa shape index (κ1) is 16.6. The van der Waals surface area contributed by atoms with Gasteiger partial charge in [-0.2, -0.15) is 0 Å². The van der Waals surface area contributed by atoms with Crippen molar-refractivity contribution < 1.29 is 14.0 Å². The van der Waals surface area contributed by atoms with Gasteiger partial charge in [-0.15, -0.1) is 22.0 Å². The van der Waals surface area contributed by atoms with Gasteiger partial charge in [-0.3, -0.25) is 14.9 Å². The number of benzene rings is 1. The van der Waals surface area contributed by atoms with E-state index in [0.717, 1.165) is 23.2 Å². The third kappa shape index (κ3) is 4.35. The summed E-state index contributed by atoms with van der Waals surface area (Å²) < 4.78 is 13.8. The molecular weight excluding hydrogens is 325 g/mol. The summed E-state index contributed by atoms with van der Waals surface area (Å²) in [4.78, 5) is 23.3. The van der Waals surface area contributed by atoms with Crippen molar-refractivity contribution in [2.45, 2.75) is 25.2 Å². The van der Waals surface area contributed by atoms with E-state index in [0.29, 0.717) is 15.6 Å². The number of hydrogen-bond donors (Lipinski definition) is 1. The predicted molar refractivity (Wildman–Crippen MR) is 85.0 cm³/mol. The summed E-state index contributed by atoms with van der Waals surface area (Å²) in [6.07, 6.45) is 0.760. The molecule has 0 spiro atoms. The fourth-order valence-corrected chi connectivity index (χ4v) is 3.00. The van der Waals surface area contributed by atoms with Crippen LogP contribution in [0.25, 0.3) is 0 Å². The highest BCUT2D eigenvalue weighted by Crippen LogP contribution is 2.23. The Kier molecular flexibility index (Phi) is 5.62. The van der Waals surface area contributed by atoms with Gasteiger partial charge in [0.05, 0.1) is 5.75 Å². The Labute approximate surface area is 135 Å². The molecule has 22 heavy (non-hydrogen) atoms. The molecule has 5 nitrogen and oxygen atoms in total. The van der Waals surface area contributed by atoms with Crippen LogP contribution in [0.2, 0.25) is 0 Å². The lowest BCUT2D eigenvalue weighted by Gasteiger charge is -2.04. The maximum absolute atomic E-state index is 13.8. The number of amides is 1. The number of halogens is 1. The molecule has 1 aromatic heterocycles. The van der Waals surface area contributed by atoms with Gasteiger partial charge in [-0.05, 0) is 25.5 Å². The second-order valence-corrected chi connectivity index (χ2v) is 6.47. The van der Waals surface area contributed by atoms with E-state index in [1.807, 2.05) is 6.92 Å². The highest BCUT2D eigenvalue weighted by Gasteiger charge is 2.11. The molecular formula is C14H14FN3O2S2. The van der Waals surface area contributed by atoms with Crippen molar-refractivity contribution in [3.63, 3.8) is 0 Å². The van der Waals surface area contributed by atoms with E-state index in [-0.39, 0.29) is 17.4 Å². The number of anilines is 1. The van der Waals surface area contributed by atoms with Gasteiger partial charge >= 0.3 is 0 Å². The highest BCUT2D eigenvalue weighted by atomic mass is 32.2. The molecule has 0 fully saturated rings. The van der Waals surface area contributed by atoms with Crippen molar-refractivity contribution in [1.29, 1.82) is 0 Å². The van der Waals surface area contributed by atoms with E-state index in [9.17, 15) is 14.0 Å². The Hall–Kier alpha value is -1.80. The third-order valence-corrected chi connectivity index (χ3v) is 4.74. The fraction of sp³-hybridized carbons (Fsp3) is 0.286. The van der Waals surface area contributed by atoms with Gasteiger partial charge in [0.1, 0.15) is 10.8 Å². The second-order valence-electron chi connectivity index (χ2n) is 4.39. The Balaban J connectivity index is 1.92. The summed E-state index contributed by atoms with van der Waals surface area (Å²) in [5.41, 5.74) is 0.312. The van der Waals surface area contributed by atoms with Crippen molar-refractivity contribution in [3.8, 4) is 0 Å². The van der Waals surface area contributed by atoms with Crippen molar-refractivity contribution in [2.75, 3.05) is 11.1 Å². The molecule has 0 bridgehead atoms. The molecule has 1 N–H and O–H groups in total. The Morgan fingerprint density at radius 1 is 1.36 bits per heavy atom. The summed E-state index contributed by atoms with van der Waals surface area (Å²) in [5.74, 6) is -0.929. The largest absolute Gasteiger partial charge is 0.300 e. The van der Waals surface area contributed by atoms with Gasteiger partial charge in [-0.25, -0.2) is 4.39 Å². The van der Waals surface area contributed by atoms with Crippen LogP contribution in [0.15, 0.2) is 23.1 Å². The van der Waals surface area contributed by atoms with E-state index in [1.54, 1.807) is 6.07 Å². The molecule has 0 saturated heterocycles. The van der Waals surface area contributed by atoms with Crippen LogP contribution in [0.3, 0.4) is 0 Å². The number of thioether (sulfide) groups is 1. The Morgan fingerprint density at radius 3 is 2.73 bits per heavy atom. The number of carbonyl (C=O) groups excluding carboxylic acids is 2. The van der Waals surface area contributed by atoms with Crippen molar-refractivity contribution in [2.24, 2.45) is 0 Å². The van der Waals surface area contributed by atoms with E-state index in [1.165, 1.54) is 30.4 Å². The molecule has 1 heterocycles. The zero-order valence-electron chi connectivity index (χ0n) is 12.1. The number of aromatic nitrogens is 2. The number of hydrogen-bond acceptors (Lipinski definition) is 6. The normalized spacial score (nSPS) is 10.5. The van der Waals surface area contributed by atoms with Crippen molar-refractivity contribution >= 4 is 39.9 Å². The third-order valence-electron chi connectivity index (χ3n) is 2.71. The average molecular weight is 339 g/mol. The molecule has 8 heteroatoms. The van der Waals surface area contributed by atoms with E-state index >= 15 is 0 Å². The van der Waals surface area contributed by atoms with Gasteiger partial charge in [0, 0.05) is 10.5 Å². The summed E-state index contributed by atoms with van der Waals surface area (Å²) in [6, 6.07) is 4.23. The maximum Gasteiger partial charge on any atom is 0.236 e. The lowest BCUT2D eigenvalue weighted by Crippen LogP contribution is -2.14. The summed E-state index contributed by atoms with van der Waals surface area (Å²) in [6.45, 7) is 3.33. The molecule has 0 aliphatic rings. The number of nitrogens with one attached hydrogen (secondary N) is 1. The molecule has 116 valence electrons. The molecule has 0 atom stereocenters. The van der Waals surface area contributed by atoms with Gasteiger partial charge < -0.3 is 0 Å². The minimum atomic E-state index is -0.505. The number of nitrogens with zero attached hydrogens (tertiary/aromatic N) is 2. The lowest BCUT2D eigenvalue weighted by atomic mass is 10.1. The van der Waals surface area contributed by atoms with E-state index in [2.05, 4.69) is 15.5 Å². The first-order valence-corrected chi connectivity index (χ1v) is 8.35. The molecule has 0 aliphatic heterocycles. The zero-order chi connectivity index (χ0) is 16.1. The topological polar surface area (TPSA) is 72.0 Å². The number of carbonyl (C=O) groups is 2. The van der Waals surface area contributed by atoms with E-state index in [4.69, 9.17) is 0 Å². The average Bonchev–Trinajstić information content (AvgIpc) is 2.93. The molecule has 1 aromatic carbocycles. The first-order chi connectivity index (χ1) is 10.5. The lowest BCUT2D eigenvalue weighted by molar-refractivity contribution is -0.113. The smallest absolute Gasteiger partial charge is 0.236 e. The second kappa shape index (κ2) is 7.46. The van der Waals surface area contributed by atoms with Crippen LogP contribution >= 0.6 is 23.1 Å². The monoisotopic (exact) mass is 339 g/mol. The van der Waals surface area contributed by atoms with Crippen LogP contribution < -0.4 is 5.32 Å². The predicted octanol–water partition coefficient (Wildman–Crippen LogP) is 3.17. The van der Waals surface area contributed by atoms with Crippen LogP contribution in [0, 0.1) is 5.82 Å². The summed E-state index contributed by atoms with van der Waals surface area (Å²) in [5, 5.41) is 11.7. The van der Waals surface area contributed by atoms with Gasteiger partial charge in [0.2, 0.25) is 11.0 Å². The van der Waals surface area contributed by atoms with Crippen LogP contribution in [-0.4, -0.2) is 27.6 Å².